The first-order valence-corrected chi connectivity index (χ1v) is 6.92. The predicted molar refractivity (Wildman–Crippen MR) is 83.6 cm³/mol. The number of hydrogen-bond acceptors (Lipinski definition) is 2. The molecule has 20 heavy (non-hydrogen) atoms. The minimum atomic E-state index is 0.653. The summed E-state index contributed by atoms with van der Waals surface area (Å²) in [6.07, 6.45) is 0.873. The molecule has 0 bridgehead atoms. The fourth-order valence-corrected chi connectivity index (χ4v) is 2.66. The third-order valence-electron chi connectivity index (χ3n) is 3.71. The van der Waals surface area contributed by atoms with Gasteiger partial charge in [-0.25, -0.2) is 4.98 Å². The van der Waals surface area contributed by atoms with Crippen LogP contribution in [0.4, 0.5) is 0 Å². The summed E-state index contributed by atoms with van der Waals surface area (Å²) in [5.41, 5.74) is 11.6. The van der Waals surface area contributed by atoms with Crippen LogP contribution in [0.3, 0.4) is 0 Å². The molecule has 3 heteroatoms. The zero-order chi connectivity index (χ0) is 14.1. The molecule has 0 aliphatic rings. The lowest BCUT2D eigenvalue weighted by atomic mass is 10.0. The lowest BCUT2D eigenvalue weighted by molar-refractivity contribution is 0.937. The maximum absolute atomic E-state index is 5.71. The molecular formula is C17H19N3. The Labute approximate surface area is 119 Å². The van der Waals surface area contributed by atoms with Crippen molar-refractivity contribution in [3.63, 3.8) is 0 Å². The van der Waals surface area contributed by atoms with E-state index in [1.807, 2.05) is 0 Å². The average Bonchev–Trinajstić information content (AvgIpc) is 2.76. The first kappa shape index (κ1) is 12.9. The van der Waals surface area contributed by atoms with E-state index in [0.29, 0.717) is 6.54 Å². The van der Waals surface area contributed by atoms with Crippen LogP contribution in [0.25, 0.3) is 22.4 Å². The van der Waals surface area contributed by atoms with Crippen LogP contribution in [-0.2, 0) is 13.5 Å². The Morgan fingerprint density at radius 2 is 1.95 bits per heavy atom. The van der Waals surface area contributed by atoms with Gasteiger partial charge in [0.1, 0.15) is 5.82 Å². The fraction of sp³-hybridized carbons (Fsp3) is 0.235. The molecule has 1 heterocycles. The molecule has 0 aliphatic heterocycles. The van der Waals surface area contributed by atoms with E-state index < -0.39 is 0 Å². The number of aryl methyl sites for hydroxylation is 2. The highest BCUT2D eigenvalue weighted by Gasteiger charge is 2.12. The van der Waals surface area contributed by atoms with Gasteiger partial charge in [-0.2, -0.15) is 0 Å². The quantitative estimate of drug-likeness (QED) is 0.791. The summed E-state index contributed by atoms with van der Waals surface area (Å²) >= 11 is 0. The highest BCUT2D eigenvalue weighted by atomic mass is 15.1. The third kappa shape index (κ3) is 2.10. The van der Waals surface area contributed by atoms with E-state index in [1.165, 1.54) is 16.7 Å². The van der Waals surface area contributed by atoms with Gasteiger partial charge in [-0.15, -0.1) is 0 Å². The highest BCUT2D eigenvalue weighted by Crippen LogP contribution is 2.27. The molecule has 2 N–H and O–H groups in total. The van der Waals surface area contributed by atoms with Gasteiger partial charge < -0.3 is 10.3 Å². The van der Waals surface area contributed by atoms with Crippen LogP contribution in [0.15, 0.2) is 42.5 Å². The molecular weight excluding hydrogens is 246 g/mol. The van der Waals surface area contributed by atoms with Crippen molar-refractivity contribution in [3.05, 3.63) is 53.6 Å². The van der Waals surface area contributed by atoms with E-state index in [-0.39, 0.29) is 0 Å². The average molecular weight is 265 g/mol. The minimum Gasteiger partial charge on any atom is -0.330 e. The van der Waals surface area contributed by atoms with E-state index >= 15 is 0 Å². The number of rotatable bonds is 3. The molecule has 0 fully saturated rings. The molecule has 0 saturated heterocycles. The van der Waals surface area contributed by atoms with E-state index in [0.717, 1.165) is 23.3 Å². The van der Waals surface area contributed by atoms with Gasteiger partial charge >= 0.3 is 0 Å². The van der Waals surface area contributed by atoms with Gasteiger partial charge in [0, 0.05) is 12.6 Å². The molecule has 1 aromatic heterocycles. The Hall–Kier alpha value is -2.13. The Kier molecular flexibility index (Phi) is 3.28. The fourth-order valence-electron chi connectivity index (χ4n) is 2.66. The lowest BCUT2D eigenvalue weighted by Crippen LogP contribution is -2.05. The predicted octanol–water partition coefficient (Wildman–Crippen LogP) is 3.05. The van der Waals surface area contributed by atoms with E-state index in [2.05, 4.69) is 61.0 Å². The standard InChI is InChI=1S/C17H19N3/c1-12-7-8-16-15(11-12)19-17(20(16)2)14-6-4-3-5-13(14)9-10-18/h3-8,11H,9-10,18H2,1-2H3. The monoisotopic (exact) mass is 265 g/mol. The first-order chi connectivity index (χ1) is 9.70. The minimum absolute atomic E-state index is 0.653. The summed E-state index contributed by atoms with van der Waals surface area (Å²) in [7, 11) is 2.07. The molecule has 0 atom stereocenters. The van der Waals surface area contributed by atoms with Crippen molar-refractivity contribution in [1.82, 2.24) is 9.55 Å². The molecule has 0 radical (unpaired) electrons. The summed E-state index contributed by atoms with van der Waals surface area (Å²) in [5.74, 6) is 1.01. The summed E-state index contributed by atoms with van der Waals surface area (Å²) < 4.78 is 2.16. The SMILES string of the molecule is Cc1ccc2c(c1)nc(-c1ccccc1CCN)n2C. The van der Waals surface area contributed by atoms with Crippen LogP contribution in [-0.4, -0.2) is 16.1 Å². The van der Waals surface area contributed by atoms with Gasteiger partial charge in [0.05, 0.1) is 11.0 Å². The number of nitrogens with two attached hydrogens (primary N) is 1. The van der Waals surface area contributed by atoms with Gasteiger partial charge in [-0.1, -0.05) is 30.3 Å². The number of benzene rings is 2. The smallest absolute Gasteiger partial charge is 0.141 e. The van der Waals surface area contributed by atoms with Crippen LogP contribution in [0.5, 0.6) is 0 Å². The van der Waals surface area contributed by atoms with Crippen LogP contribution in [0, 0.1) is 6.92 Å². The molecule has 102 valence electrons. The molecule has 3 nitrogen and oxygen atoms in total. The van der Waals surface area contributed by atoms with E-state index in [9.17, 15) is 0 Å². The number of aromatic nitrogens is 2. The molecule has 0 spiro atoms. The van der Waals surface area contributed by atoms with Gasteiger partial charge in [0.2, 0.25) is 0 Å². The maximum Gasteiger partial charge on any atom is 0.141 e. The maximum atomic E-state index is 5.71. The Morgan fingerprint density at radius 3 is 2.75 bits per heavy atom. The van der Waals surface area contributed by atoms with Crippen molar-refractivity contribution >= 4 is 11.0 Å². The van der Waals surface area contributed by atoms with Crippen molar-refractivity contribution in [2.45, 2.75) is 13.3 Å². The largest absolute Gasteiger partial charge is 0.330 e. The molecule has 0 saturated carbocycles. The van der Waals surface area contributed by atoms with E-state index in [1.54, 1.807) is 0 Å². The van der Waals surface area contributed by atoms with Crippen LogP contribution in [0.2, 0.25) is 0 Å². The highest BCUT2D eigenvalue weighted by molar-refractivity contribution is 5.81. The number of hydrogen-bond donors (Lipinski definition) is 1. The van der Waals surface area contributed by atoms with Gasteiger partial charge in [-0.3, -0.25) is 0 Å². The van der Waals surface area contributed by atoms with Gasteiger partial charge in [0.15, 0.2) is 0 Å². The van der Waals surface area contributed by atoms with Crippen molar-refractivity contribution in [3.8, 4) is 11.4 Å². The van der Waals surface area contributed by atoms with Gasteiger partial charge in [0.25, 0.3) is 0 Å². The second kappa shape index (κ2) is 5.10. The summed E-state index contributed by atoms with van der Waals surface area (Å²) in [4.78, 5) is 4.81. The topological polar surface area (TPSA) is 43.8 Å². The second-order valence-corrected chi connectivity index (χ2v) is 5.18. The second-order valence-electron chi connectivity index (χ2n) is 5.18. The van der Waals surface area contributed by atoms with Crippen LogP contribution < -0.4 is 5.73 Å². The Morgan fingerprint density at radius 1 is 1.15 bits per heavy atom. The van der Waals surface area contributed by atoms with Crippen LogP contribution in [0.1, 0.15) is 11.1 Å². The van der Waals surface area contributed by atoms with Gasteiger partial charge in [-0.05, 0) is 43.1 Å². The number of imidazole rings is 1. The number of fused-ring (bicyclic) bond motifs is 1. The van der Waals surface area contributed by atoms with Crippen molar-refractivity contribution < 1.29 is 0 Å². The van der Waals surface area contributed by atoms with Crippen LogP contribution >= 0.6 is 0 Å². The normalized spacial score (nSPS) is 11.2. The van der Waals surface area contributed by atoms with Crippen molar-refractivity contribution in [2.24, 2.45) is 12.8 Å². The van der Waals surface area contributed by atoms with E-state index in [4.69, 9.17) is 10.7 Å². The Bertz CT molecular complexity index is 756. The Balaban J connectivity index is 2.22. The first-order valence-electron chi connectivity index (χ1n) is 6.92. The molecule has 0 aliphatic carbocycles. The molecule has 3 rings (SSSR count). The number of nitrogens with zero attached hydrogens (tertiary/aromatic N) is 2. The zero-order valence-corrected chi connectivity index (χ0v) is 11.9. The lowest BCUT2D eigenvalue weighted by Gasteiger charge is -2.08. The molecule has 3 aromatic rings. The summed E-state index contributed by atoms with van der Waals surface area (Å²) in [6.45, 7) is 2.75. The molecule has 0 amide bonds. The zero-order valence-electron chi connectivity index (χ0n) is 11.9. The van der Waals surface area contributed by atoms with Crippen molar-refractivity contribution in [1.29, 1.82) is 0 Å². The summed E-state index contributed by atoms with van der Waals surface area (Å²) in [6, 6.07) is 14.8. The van der Waals surface area contributed by atoms with Crippen molar-refractivity contribution in [2.75, 3.05) is 6.54 Å². The third-order valence-corrected chi connectivity index (χ3v) is 3.71. The molecule has 2 aromatic carbocycles. The summed E-state index contributed by atoms with van der Waals surface area (Å²) in [5, 5.41) is 0. The molecule has 0 unspecified atom stereocenters.